The molecule has 2 N–H and O–H groups in total. The van der Waals surface area contributed by atoms with Gasteiger partial charge in [-0.3, -0.25) is 4.79 Å². The lowest BCUT2D eigenvalue weighted by Gasteiger charge is -2.04. The Labute approximate surface area is 121 Å². The summed E-state index contributed by atoms with van der Waals surface area (Å²) in [6.07, 6.45) is -0.613. The molecule has 1 amide bonds. The van der Waals surface area contributed by atoms with Crippen molar-refractivity contribution in [1.82, 2.24) is 20.1 Å². The minimum atomic E-state index is -0.613. The maximum absolute atomic E-state index is 11.8. The number of aliphatic hydroxyl groups excluding tert-OH is 1. The summed E-state index contributed by atoms with van der Waals surface area (Å²) in [4.78, 5) is 15.9. The number of aryl methyl sites for hydroxylation is 1. The Kier molecular flexibility index (Phi) is 4.36. The number of hydrogen-bond donors (Lipinski definition) is 2. The van der Waals surface area contributed by atoms with Crippen LogP contribution in [0.1, 0.15) is 23.4 Å². The number of nitrogens with zero attached hydrogens (tertiary/aromatic N) is 3. The fourth-order valence-electron chi connectivity index (χ4n) is 1.63. The molecular formula is C13H15ClN4O2. The van der Waals surface area contributed by atoms with E-state index in [2.05, 4.69) is 15.4 Å². The molecular weight excluding hydrogens is 280 g/mol. The summed E-state index contributed by atoms with van der Waals surface area (Å²) < 4.78 is 1.56. The lowest BCUT2D eigenvalue weighted by Crippen LogP contribution is -2.31. The van der Waals surface area contributed by atoms with Crippen LogP contribution in [0.4, 0.5) is 0 Å². The van der Waals surface area contributed by atoms with Gasteiger partial charge in [-0.05, 0) is 38.1 Å². The zero-order valence-corrected chi connectivity index (χ0v) is 11.9. The van der Waals surface area contributed by atoms with Gasteiger partial charge in [0.2, 0.25) is 5.82 Å². The van der Waals surface area contributed by atoms with Crippen LogP contribution in [0.15, 0.2) is 24.3 Å². The van der Waals surface area contributed by atoms with E-state index in [0.29, 0.717) is 10.8 Å². The summed E-state index contributed by atoms with van der Waals surface area (Å²) in [6.45, 7) is 3.51. The quantitative estimate of drug-likeness (QED) is 0.892. The van der Waals surface area contributed by atoms with Crippen LogP contribution in [0.2, 0.25) is 5.02 Å². The van der Waals surface area contributed by atoms with E-state index < -0.39 is 12.0 Å². The van der Waals surface area contributed by atoms with Crippen molar-refractivity contribution in [2.75, 3.05) is 6.54 Å². The lowest BCUT2D eigenvalue weighted by atomic mass is 10.3. The molecule has 20 heavy (non-hydrogen) atoms. The normalized spacial score (nSPS) is 12.2. The average molecular weight is 295 g/mol. The molecule has 1 aromatic heterocycles. The zero-order valence-electron chi connectivity index (χ0n) is 11.2. The second-order valence-corrected chi connectivity index (χ2v) is 4.87. The van der Waals surface area contributed by atoms with Crippen LogP contribution in [0.25, 0.3) is 5.69 Å². The van der Waals surface area contributed by atoms with Crippen molar-refractivity contribution in [3.63, 3.8) is 0 Å². The highest BCUT2D eigenvalue weighted by atomic mass is 35.5. The molecule has 1 aromatic carbocycles. The summed E-state index contributed by atoms with van der Waals surface area (Å²) in [5.74, 6) is 0.245. The van der Waals surface area contributed by atoms with Gasteiger partial charge in [-0.1, -0.05) is 11.6 Å². The number of aliphatic hydroxyl groups is 1. The highest BCUT2D eigenvalue weighted by molar-refractivity contribution is 6.30. The van der Waals surface area contributed by atoms with Crippen LogP contribution in [0.3, 0.4) is 0 Å². The first-order chi connectivity index (χ1) is 9.47. The molecule has 106 valence electrons. The van der Waals surface area contributed by atoms with Crippen LogP contribution >= 0.6 is 11.6 Å². The van der Waals surface area contributed by atoms with Gasteiger partial charge in [-0.25, -0.2) is 9.67 Å². The monoisotopic (exact) mass is 294 g/mol. The van der Waals surface area contributed by atoms with Gasteiger partial charge >= 0.3 is 0 Å². The molecule has 2 aromatic rings. The summed E-state index contributed by atoms with van der Waals surface area (Å²) in [5, 5.41) is 16.5. The largest absolute Gasteiger partial charge is 0.392 e. The predicted molar refractivity (Wildman–Crippen MR) is 75.1 cm³/mol. The minimum Gasteiger partial charge on any atom is -0.392 e. The van der Waals surface area contributed by atoms with E-state index in [1.807, 2.05) is 0 Å². The third-order valence-electron chi connectivity index (χ3n) is 2.60. The molecule has 0 spiro atoms. The van der Waals surface area contributed by atoms with E-state index in [0.717, 1.165) is 5.69 Å². The van der Waals surface area contributed by atoms with E-state index in [1.165, 1.54) is 0 Å². The lowest BCUT2D eigenvalue weighted by molar-refractivity contribution is 0.0913. The van der Waals surface area contributed by atoms with Crippen molar-refractivity contribution >= 4 is 17.5 Å². The maximum atomic E-state index is 11.8. The first kappa shape index (κ1) is 14.5. The highest BCUT2D eigenvalue weighted by Gasteiger charge is 2.15. The van der Waals surface area contributed by atoms with Crippen LogP contribution in [-0.4, -0.2) is 38.4 Å². The first-order valence-electron chi connectivity index (χ1n) is 6.13. The molecule has 2 rings (SSSR count). The van der Waals surface area contributed by atoms with Gasteiger partial charge in [0.1, 0.15) is 5.82 Å². The van der Waals surface area contributed by atoms with Crippen LogP contribution in [0, 0.1) is 6.92 Å². The number of amides is 1. The van der Waals surface area contributed by atoms with Crippen LogP contribution < -0.4 is 5.32 Å². The molecule has 0 unspecified atom stereocenters. The van der Waals surface area contributed by atoms with Gasteiger partial charge in [-0.2, -0.15) is 0 Å². The molecule has 7 heteroatoms. The molecule has 0 aliphatic rings. The summed E-state index contributed by atoms with van der Waals surface area (Å²) in [7, 11) is 0. The molecule has 6 nitrogen and oxygen atoms in total. The summed E-state index contributed by atoms with van der Waals surface area (Å²) >= 11 is 5.83. The number of rotatable bonds is 4. The Morgan fingerprint density at radius 2 is 2.10 bits per heavy atom. The molecule has 0 fully saturated rings. The topological polar surface area (TPSA) is 80.0 Å². The maximum Gasteiger partial charge on any atom is 0.291 e. The third-order valence-corrected chi connectivity index (χ3v) is 2.85. The number of carbonyl (C=O) groups excluding carboxylic acids is 1. The van der Waals surface area contributed by atoms with Crippen molar-refractivity contribution in [1.29, 1.82) is 0 Å². The molecule has 0 aliphatic heterocycles. The van der Waals surface area contributed by atoms with Crippen LogP contribution in [-0.2, 0) is 0 Å². The summed E-state index contributed by atoms with van der Waals surface area (Å²) in [6, 6.07) is 7.07. The molecule has 0 radical (unpaired) electrons. The van der Waals surface area contributed by atoms with E-state index in [-0.39, 0.29) is 12.4 Å². The van der Waals surface area contributed by atoms with Gasteiger partial charge < -0.3 is 10.4 Å². The van der Waals surface area contributed by atoms with Crippen LogP contribution in [0.5, 0.6) is 0 Å². The van der Waals surface area contributed by atoms with Gasteiger partial charge in [0, 0.05) is 11.6 Å². The van der Waals surface area contributed by atoms with E-state index in [9.17, 15) is 4.79 Å². The Morgan fingerprint density at radius 3 is 2.70 bits per heavy atom. The number of carbonyl (C=O) groups is 1. The smallest absolute Gasteiger partial charge is 0.291 e. The van der Waals surface area contributed by atoms with Gasteiger partial charge in [0.05, 0.1) is 11.8 Å². The number of hydrogen-bond acceptors (Lipinski definition) is 4. The Morgan fingerprint density at radius 1 is 1.45 bits per heavy atom. The Hall–Kier alpha value is -1.92. The minimum absolute atomic E-state index is 0.0677. The van der Waals surface area contributed by atoms with Gasteiger partial charge in [-0.15, -0.1) is 5.10 Å². The zero-order chi connectivity index (χ0) is 14.7. The molecule has 0 saturated heterocycles. The summed E-state index contributed by atoms with van der Waals surface area (Å²) in [5.41, 5.74) is 0.772. The molecule has 1 atom stereocenters. The standard InChI is InChI=1S/C13H15ClN4O2/c1-8(19)7-15-13(20)12-16-9(2)18(17-12)11-5-3-10(14)4-6-11/h3-6,8,19H,7H2,1-2H3,(H,15,20)/t8-/m1/s1. The second kappa shape index (κ2) is 6.02. The number of nitrogens with one attached hydrogen (secondary N) is 1. The fourth-order valence-corrected chi connectivity index (χ4v) is 1.76. The molecule has 0 aliphatic carbocycles. The van der Waals surface area contributed by atoms with Crippen molar-refractivity contribution in [2.24, 2.45) is 0 Å². The molecule has 0 bridgehead atoms. The Bertz CT molecular complexity index is 607. The number of halogens is 1. The second-order valence-electron chi connectivity index (χ2n) is 4.43. The third kappa shape index (κ3) is 3.34. The predicted octanol–water partition coefficient (Wildman–Crippen LogP) is 1.34. The van der Waals surface area contributed by atoms with E-state index in [4.69, 9.17) is 16.7 Å². The van der Waals surface area contributed by atoms with E-state index >= 15 is 0 Å². The van der Waals surface area contributed by atoms with Gasteiger partial charge in [0.25, 0.3) is 5.91 Å². The number of benzene rings is 1. The molecule has 0 saturated carbocycles. The van der Waals surface area contributed by atoms with Gasteiger partial charge in [0.15, 0.2) is 0 Å². The highest BCUT2D eigenvalue weighted by Crippen LogP contribution is 2.14. The van der Waals surface area contributed by atoms with Crippen molar-refractivity contribution in [3.05, 3.63) is 40.9 Å². The van der Waals surface area contributed by atoms with Crippen molar-refractivity contribution in [3.8, 4) is 5.69 Å². The average Bonchev–Trinajstić information content (AvgIpc) is 2.79. The van der Waals surface area contributed by atoms with E-state index in [1.54, 1.807) is 42.8 Å². The van der Waals surface area contributed by atoms with Crippen molar-refractivity contribution < 1.29 is 9.90 Å². The Balaban J connectivity index is 2.21. The van der Waals surface area contributed by atoms with Crippen molar-refractivity contribution in [2.45, 2.75) is 20.0 Å². The SMILES string of the molecule is Cc1nc(C(=O)NC[C@@H](C)O)nn1-c1ccc(Cl)cc1. The first-order valence-corrected chi connectivity index (χ1v) is 6.51. The number of aromatic nitrogens is 3. The molecule has 1 heterocycles. The fraction of sp³-hybridized carbons (Fsp3) is 0.308.